The molecule has 0 saturated carbocycles. The molecule has 0 heterocycles. The number of aryl methyl sites for hydroxylation is 2. The van der Waals surface area contributed by atoms with Gasteiger partial charge in [0.25, 0.3) is 0 Å². The van der Waals surface area contributed by atoms with Crippen molar-refractivity contribution in [3.63, 3.8) is 0 Å². The number of benzene rings is 3. The van der Waals surface area contributed by atoms with Crippen molar-refractivity contribution < 1.29 is 9.53 Å². The van der Waals surface area contributed by atoms with Gasteiger partial charge in [-0.3, -0.25) is 4.79 Å². The van der Waals surface area contributed by atoms with E-state index in [2.05, 4.69) is 42.6 Å². The molecule has 3 aromatic carbocycles. The highest BCUT2D eigenvalue weighted by molar-refractivity contribution is 7.99. The second kappa shape index (κ2) is 11.6. The summed E-state index contributed by atoms with van der Waals surface area (Å²) in [6.07, 6.45) is 1.62. The molecule has 0 spiro atoms. The van der Waals surface area contributed by atoms with E-state index in [0.717, 1.165) is 22.6 Å². The Morgan fingerprint density at radius 1 is 1.06 bits per heavy atom. The maximum absolute atomic E-state index is 12.0. The van der Waals surface area contributed by atoms with Crippen LogP contribution in [-0.2, 0) is 17.2 Å². The lowest BCUT2D eigenvalue weighted by Crippen LogP contribution is -2.19. The van der Waals surface area contributed by atoms with E-state index in [-0.39, 0.29) is 5.91 Å². The Bertz CT molecular complexity index is 1030. The summed E-state index contributed by atoms with van der Waals surface area (Å²) in [7, 11) is 0. The Balaban J connectivity index is 1.40. The fourth-order valence-corrected chi connectivity index (χ4v) is 4.00. The summed E-state index contributed by atoms with van der Waals surface area (Å²) >= 11 is 7.71. The first-order valence-electron chi connectivity index (χ1n) is 9.93. The van der Waals surface area contributed by atoms with Gasteiger partial charge in [-0.1, -0.05) is 59.1 Å². The summed E-state index contributed by atoms with van der Waals surface area (Å²) in [6, 6.07) is 21.5. The molecule has 3 aromatic rings. The van der Waals surface area contributed by atoms with Gasteiger partial charge in [0.15, 0.2) is 0 Å². The maximum atomic E-state index is 12.0. The molecule has 0 bridgehead atoms. The Labute approximate surface area is 192 Å². The second-order valence-electron chi connectivity index (χ2n) is 7.23. The zero-order valence-electron chi connectivity index (χ0n) is 17.6. The molecule has 160 valence electrons. The average Bonchev–Trinajstić information content (AvgIpc) is 2.73. The van der Waals surface area contributed by atoms with Crippen molar-refractivity contribution in [2.45, 2.75) is 26.2 Å². The van der Waals surface area contributed by atoms with Gasteiger partial charge in [-0.15, -0.1) is 11.8 Å². The molecule has 0 aliphatic carbocycles. The summed E-state index contributed by atoms with van der Waals surface area (Å²) in [4.78, 5) is 12.0. The van der Waals surface area contributed by atoms with Gasteiger partial charge in [-0.2, -0.15) is 5.10 Å². The van der Waals surface area contributed by atoms with E-state index < -0.39 is 0 Å². The molecule has 0 radical (unpaired) electrons. The van der Waals surface area contributed by atoms with E-state index in [1.165, 1.54) is 16.7 Å². The third-order valence-corrected chi connectivity index (χ3v) is 5.79. The quantitative estimate of drug-likeness (QED) is 0.324. The monoisotopic (exact) mass is 452 g/mol. The van der Waals surface area contributed by atoms with Gasteiger partial charge in [0.2, 0.25) is 5.91 Å². The van der Waals surface area contributed by atoms with Crippen molar-refractivity contribution in [1.82, 2.24) is 5.43 Å². The van der Waals surface area contributed by atoms with Crippen LogP contribution >= 0.6 is 23.4 Å². The van der Waals surface area contributed by atoms with E-state index in [0.29, 0.717) is 17.4 Å². The largest absolute Gasteiger partial charge is 0.489 e. The first-order valence-corrected chi connectivity index (χ1v) is 11.5. The Morgan fingerprint density at radius 2 is 1.77 bits per heavy atom. The molecular formula is C25H25ClN2O2S. The van der Waals surface area contributed by atoms with Crippen molar-refractivity contribution in [3.8, 4) is 5.75 Å². The Morgan fingerprint density at radius 3 is 2.48 bits per heavy atom. The number of carbonyl (C=O) groups is 1. The van der Waals surface area contributed by atoms with Crippen molar-refractivity contribution in [3.05, 3.63) is 99.6 Å². The lowest BCUT2D eigenvalue weighted by atomic mass is 10.1. The smallest absolute Gasteiger partial charge is 0.250 e. The van der Waals surface area contributed by atoms with Crippen LogP contribution in [0.4, 0.5) is 0 Å². The van der Waals surface area contributed by atoms with E-state index in [1.807, 2.05) is 48.5 Å². The lowest BCUT2D eigenvalue weighted by Gasteiger charge is -2.07. The predicted molar refractivity (Wildman–Crippen MR) is 130 cm³/mol. The van der Waals surface area contributed by atoms with Crippen LogP contribution in [0.3, 0.4) is 0 Å². The highest BCUT2D eigenvalue weighted by Gasteiger charge is 2.03. The molecule has 4 nitrogen and oxygen atoms in total. The van der Waals surface area contributed by atoms with Crippen molar-refractivity contribution in [2.75, 3.05) is 5.75 Å². The molecule has 0 aliphatic rings. The minimum Gasteiger partial charge on any atom is -0.489 e. The molecule has 0 unspecified atom stereocenters. The van der Waals surface area contributed by atoms with Gasteiger partial charge in [0.1, 0.15) is 12.4 Å². The average molecular weight is 453 g/mol. The number of ether oxygens (including phenoxy) is 1. The van der Waals surface area contributed by atoms with Gasteiger partial charge < -0.3 is 4.74 Å². The molecule has 31 heavy (non-hydrogen) atoms. The number of halogens is 1. The summed E-state index contributed by atoms with van der Waals surface area (Å²) in [5, 5.41) is 4.72. The molecule has 1 amide bonds. The number of amides is 1. The number of thioether (sulfide) groups is 1. The molecule has 0 fully saturated rings. The van der Waals surface area contributed by atoms with Crippen LogP contribution < -0.4 is 10.2 Å². The third-order valence-electron chi connectivity index (χ3n) is 4.42. The van der Waals surface area contributed by atoms with Gasteiger partial charge in [0.05, 0.1) is 12.0 Å². The normalized spacial score (nSPS) is 10.9. The van der Waals surface area contributed by atoms with Crippen LogP contribution in [-0.4, -0.2) is 17.9 Å². The molecule has 6 heteroatoms. The van der Waals surface area contributed by atoms with E-state index >= 15 is 0 Å². The summed E-state index contributed by atoms with van der Waals surface area (Å²) in [5.41, 5.74) is 8.09. The van der Waals surface area contributed by atoms with Crippen molar-refractivity contribution in [2.24, 2.45) is 5.10 Å². The van der Waals surface area contributed by atoms with Crippen LogP contribution in [0.15, 0.2) is 71.8 Å². The second-order valence-corrected chi connectivity index (χ2v) is 8.62. The van der Waals surface area contributed by atoms with Crippen LogP contribution in [0.25, 0.3) is 0 Å². The number of hydrazone groups is 1. The molecule has 0 aromatic heterocycles. The van der Waals surface area contributed by atoms with Crippen molar-refractivity contribution in [1.29, 1.82) is 0 Å². The molecule has 3 rings (SSSR count). The predicted octanol–water partition coefficient (Wildman–Crippen LogP) is 5.92. The molecule has 0 saturated heterocycles. The number of rotatable bonds is 9. The van der Waals surface area contributed by atoms with Crippen LogP contribution in [0.1, 0.15) is 27.8 Å². The fourth-order valence-electron chi connectivity index (χ4n) is 3.05. The molecule has 0 atom stereocenters. The highest BCUT2D eigenvalue weighted by atomic mass is 35.5. The summed E-state index contributed by atoms with van der Waals surface area (Å²) in [6.45, 7) is 4.57. The zero-order valence-corrected chi connectivity index (χ0v) is 19.2. The minimum atomic E-state index is -0.120. The lowest BCUT2D eigenvalue weighted by molar-refractivity contribution is -0.118. The number of carbonyl (C=O) groups excluding carboxylic acids is 1. The van der Waals surface area contributed by atoms with Crippen molar-refractivity contribution >= 4 is 35.5 Å². The number of nitrogens with zero attached hydrogens (tertiary/aromatic N) is 1. The highest BCUT2D eigenvalue weighted by Crippen LogP contribution is 2.19. The molecule has 0 aliphatic heterocycles. The standard InChI is InChI=1S/C25H25ClN2O2S/c1-18-11-19(2)13-21(12-18)16-31-17-25(29)28-27-14-20-7-9-23(10-8-20)30-15-22-5-3-4-6-24(22)26/h3-14H,15-17H2,1-2H3,(H,28,29)/b27-14-. The van der Waals surface area contributed by atoms with Gasteiger partial charge in [-0.25, -0.2) is 5.43 Å². The molecule has 1 N–H and O–H groups in total. The van der Waals surface area contributed by atoms with Crippen LogP contribution in [0.5, 0.6) is 5.75 Å². The minimum absolute atomic E-state index is 0.120. The summed E-state index contributed by atoms with van der Waals surface area (Å²) in [5.74, 6) is 1.78. The molecular weight excluding hydrogens is 428 g/mol. The summed E-state index contributed by atoms with van der Waals surface area (Å²) < 4.78 is 5.76. The van der Waals surface area contributed by atoms with Gasteiger partial charge >= 0.3 is 0 Å². The fraction of sp³-hybridized carbons (Fsp3) is 0.200. The SMILES string of the molecule is Cc1cc(C)cc(CSCC(=O)N/N=C\c2ccc(OCc3ccccc3Cl)cc2)c1. The zero-order chi connectivity index (χ0) is 22.1. The third kappa shape index (κ3) is 7.78. The van der Waals surface area contributed by atoms with E-state index in [4.69, 9.17) is 16.3 Å². The van der Waals surface area contributed by atoms with Crippen LogP contribution in [0.2, 0.25) is 5.02 Å². The maximum Gasteiger partial charge on any atom is 0.250 e. The Kier molecular flexibility index (Phi) is 8.56. The Hall–Kier alpha value is -2.76. The first kappa shape index (κ1) is 22.9. The first-order chi connectivity index (χ1) is 15.0. The van der Waals surface area contributed by atoms with E-state index in [1.54, 1.807) is 18.0 Å². The van der Waals surface area contributed by atoms with Crippen LogP contribution in [0, 0.1) is 13.8 Å². The number of hydrogen-bond acceptors (Lipinski definition) is 4. The topological polar surface area (TPSA) is 50.7 Å². The van der Waals surface area contributed by atoms with Gasteiger partial charge in [-0.05, 0) is 55.3 Å². The van der Waals surface area contributed by atoms with E-state index in [9.17, 15) is 4.79 Å². The van der Waals surface area contributed by atoms with Gasteiger partial charge in [0, 0.05) is 16.3 Å². The number of hydrogen-bond donors (Lipinski definition) is 1. The number of nitrogens with one attached hydrogen (secondary N) is 1.